The van der Waals surface area contributed by atoms with Gasteiger partial charge in [-0.2, -0.15) is 13.2 Å². The molecule has 1 aromatic rings. The van der Waals surface area contributed by atoms with E-state index in [0.29, 0.717) is 12.7 Å². The van der Waals surface area contributed by atoms with E-state index in [2.05, 4.69) is 0 Å². The minimum Gasteiger partial charge on any atom is -0.373 e. The van der Waals surface area contributed by atoms with Crippen LogP contribution in [0.2, 0.25) is 0 Å². The highest BCUT2D eigenvalue weighted by Crippen LogP contribution is 2.34. The van der Waals surface area contributed by atoms with Crippen LogP contribution < -0.4 is 0 Å². The van der Waals surface area contributed by atoms with Gasteiger partial charge in [0.1, 0.15) is 0 Å². The molecule has 1 unspecified atom stereocenters. The fourth-order valence-corrected chi connectivity index (χ4v) is 1.51. The molecule has 0 N–H and O–H groups in total. The predicted octanol–water partition coefficient (Wildman–Crippen LogP) is 2.55. The van der Waals surface area contributed by atoms with Crippen molar-refractivity contribution in [2.24, 2.45) is 0 Å². The van der Waals surface area contributed by atoms with Crippen molar-refractivity contribution in [3.05, 3.63) is 39.4 Å². The van der Waals surface area contributed by atoms with Gasteiger partial charge < -0.3 is 4.74 Å². The Bertz CT molecular complexity index is 455. The zero-order valence-electron chi connectivity index (χ0n) is 8.53. The van der Waals surface area contributed by atoms with Crippen molar-refractivity contribution in [1.82, 2.24) is 0 Å². The van der Waals surface area contributed by atoms with Gasteiger partial charge in [0.2, 0.25) is 0 Å². The predicted molar refractivity (Wildman–Crippen MR) is 51.5 cm³/mol. The van der Waals surface area contributed by atoms with Crippen LogP contribution >= 0.6 is 0 Å². The lowest BCUT2D eigenvalue weighted by Gasteiger charge is -2.08. The molecule has 7 heteroatoms. The molecule has 4 nitrogen and oxygen atoms in total. The van der Waals surface area contributed by atoms with E-state index in [1.165, 1.54) is 0 Å². The zero-order valence-corrected chi connectivity index (χ0v) is 8.53. The fourth-order valence-electron chi connectivity index (χ4n) is 1.51. The second-order valence-electron chi connectivity index (χ2n) is 3.76. The van der Waals surface area contributed by atoms with Gasteiger partial charge in [0.05, 0.1) is 23.2 Å². The van der Waals surface area contributed by atoms with E-state index >= 15 is 0 Å². The Kier molecular flexibility index (Phi) is 2.78. The molecular weight excluding hydrogens is 239 g/mol. The maximum Gasteiger partial charge on any atom is 0.416 e. The fraction of sp³-hybridized carbons (Fsp3) is 0.400. The summed E-state index contributed by atoms with van der Waals surface area (Å²) in [6.07, 6.45) is -4.40. The third-order valence-electron chi connectivity index (χ3n) is 2.46. The lowest BCUT2D eigenvalue weighted by atomic mass is 10.0. The van der Waals surface area contributed by atoms with Crippen LogP contribution in [-0.2, 0) is 17.3 Å². The number of halogens is 3. The highest BCUT2D eigenvalue weighted by molar-refractivity contribution is 5.44. The lowest BCUT2D eigenvalue weighted by molar-refractivity contribution is -0.385. The SMILES string of the molecule is O=[N+]([O-])c1cc(C(F)(F)F)ccc1CC1CO1. The van der Waals surface area contributed by atoms with Crippen LogP contribution in [0.3, 0.4) is 0 Å². The quantitative estimate of drug-likeness (QED) is 0.468. The van der Waals surface area contributed by atoms with Gasteiger partial charge in [0.25, 0.3) is 5.69 Å². The Hall–Kier alpha value is -1.63. The standard InChI is InChI=1S/C10H8F3NO3/c11-10(12,13)7-2-1-6(3-8-5-17-8)9(4-7)14(15)16/h1-2,4,8H,3,5H2. The molecule has 1 heterocycles. The summed E-state index contributed by atoms with van der Waals surface area (Å²) in [5.41, 5.74) is -1.24. The van der Waals surface area contributed by atoms with E-state index in [0.717, 1.165) is 12.1 Å². The van der Waals surface area contributed by atoms with Crippen molar-refractivity contribution in [1.29, 1.82) is 0 Å². The summed E-state index contributed by atoms with van der Waals surface area (Å²) >= 11 is 0. The van der Waals surface area contributed by atoms with Crippen molar-refractivity contribution < 1.29 is 22.8 Å². The van der Waals surface area contributed by atoms with Crippen molar-refractivity contribution in [3.8, 4) is 0 Å². The van der Waals surface area contributed by atoms with Gasteiger partial charge >= 0.3 is 6.18 Å². The van der Waals surface area contributed by atoms with Gasteiger partial charge in [-0.05, 0) is 6.07 Å². The molecule has 0 spiro atoms. The number of epoxide rings is 1. The molecule has 1 saturated heterocycles. The molecule has 0 amide bonds. The van der Waals surface area contributed by atoms with Crippen molar-refractivity contribution >= 4 is 5.69 Å². The molecule has 92 valence electrons. The number of nitrogens with zero attached hydrogens (tertiary/aromatic N) is 1. The monoisotopic (exact) mass is 247 g/mol. The van der Waals surface area contributed by atoms with Crippen LogP contribution in [0.5, 0.6) is 0 Å². The van der Waals surface area contributed by atoms with E-state index in [4.69, 9.17) is 4.74 Å². The number of hydrogen-bond acceptors (Lipinski definition) is 3. The first-order valence-corrected chi connectivity index (χ1v) is 4.84. The summed E-state index contributed by atoms with van der Waals surface area (Å²) in [5, 5.41) is 10.7. The van der Waals surface area contributed by atoms with Crippen molar-refractivity contribution in [2.75, 3.05) is 6.61 Å². The maximum absolute atomic E-state index is 12.4. The third kappa shape index (κ3) is 2.73. The summed E-state index contributed by atoms with van der Waals surface area (Å²) in [4.78, 5) is 9.90. The Morgan fingerprint density at radius 2 is 2.12 bits per heavy atom. The zero-order chi connectivity index (χ0) is 12.6. The van der Waals surface area contributed by atoms with Crippen molar-refractivity contribution in [2.45, 2.75) is 18.7 Å². The van der Waals surface area contributed by atoms with Gasteiger partial charge in [-0.3, -0.25) is 10.1 Å². The largest absolute Gasteiger partial charge is 0.416 e. The highest BCUT2D eigenvalue weighted by atomic mass is 19.4. The Morgan fingerprint density at radius 1 is 1.47 bits per heavy atom. The number of rotatable bonds is 3. The van der Waals surface area contributed by atoms with Crippen LogP contribution in [-0.4, -0.2) is 17.6 Å². The molecule has 1 aliphatic heterocycles. The molecule has 1 aromatic carbocycles. The van der Waals surface area contributed by atoms with Gasteiger partial charge in [-0.15, -0.1) is 0 Å². The highest BCUT2D eigenvalue weighted by Gasteiger charge is 2.34. The molecule has 0 aliphatic carbocycles. The second-order valence-corrected chi connectivity index (χ2v) is 3.76. The van der Waals surface area contributed by atoms with E-state index < -0.39 is 22.4 Å². The van der Waals surface area contributed by atoms with Gasteiger partial charge in [0, 0.05) is 18.1 Å². The third-order valence-corrected chi connectivity index (χ3v) is 2.46. The first-order chi connectivity index (χ1) is 7.88. The maximum atomic E-state index is 12.4. The molecule has 1 fully saturated rings. The molecule has 0 aromatic heterocycles. The molecule has 0 saturated carbocycles. The van der Waals surface area contributed by atoms with E-state index in [-0.39, 0.29) is 18.1 Å². The van der Waals surface area contributed by atoms with Crippen molar-refractivity contribution in [3.63, 3.8) is 0 Å². The van der Waals surface area contributed by atoms with E-state index in [1.54, 1.807) is 0 Å². The number of hydrogen-bond donors (Lipinski definition) is 0. The van der Waals surface area contributed by atoms with Crippen LogP contribution in [0.1, 0.15) is 11.1 Å². The summed E-state index contributed by atoms with van der Waals surface area (Å²) in [5.74, 6) is 0. The number of alkyl halides is 3. The molecule has 17 heavy (non-hydrogen) atoms. The van der Waals surface area contributed by atoms with Gasteiger partial charge in [-0.1, -0.05) is 6.07 Å². The summed E-state index contributed by atoms with van der Waals surface area (Å²) in [7, 11) is 0. The first-order valence-electron chi connectivity index (χ1n) is 4.84. The smallest absolute Gasteiger partial charge is 0.373 e. The second kappa shape index (κ2) is 3.99. The molecule has 0 radical (unpaired) electrons. The summed E-state index contributed by atoms with van der Waals surface area (Å²) < 4.78 is 42.1. The van der Waals surface area contributed by atoms with Crippen LogP contribution in [0.4, 0.5) is 18.9 Å². The average molecular weight is 247 g/mol. The Labute approximate surface area is 94.1 Å². The van der Waals surface area contributed by atoms with Crippen LogP contribution in [0.25, 0.3) is 0 Å². The topological polar surface area (TPSA) is 55.7 Å². The van der Waals surface area contributed by atoms with Crippen LogP contribution in [0, 0.1) is 10.1 Å². The Morgan fingerprint density at radius 3 is 2.59 bits per heavy atom. The lowest BCUT2D eigenvalue weighted by Crippen LogP contribution is -2.07. The normalized spacial score (nSPS) is 19.1. The van der Waals surface area contributed by atoms with Crippen LogP contribution in [0.15, 0.2) is 18.2 Å². The summed E-state index contributed by atoms with van der Waals surface area (Å²) in [6, 6.07) is 2.56. The van der Waals surface area contributed by atoms with Gasteiger partial charge in [0.15, 0.2) is 0 Å². The number of nitro groups is 1. The minimum absolute atomic E-state index is 0.106. The molecule has 0 bridgehead atoms. The summed E-state index contributed by atoms with van der Waals surface area (Å²) in [6.45, 7) is 0.498. The van der Waals surface area contributed by atoms with E-state index in [9.17, 15) is 23.3 Å². The van der Waals surface area contributed by atoms with Gasteiger partial charge in [-0.25, -0.2) is 0 Å². The average Bonchev–Trinajstić information content (AvgIpc) is 3.00. The molecule has 1 aliphatic rings. The molecular formula is C10H8F3NO3. The minimum atomic E-state index is -4.57. The number of benzene rings is 1. The number of nitro benzene ring substituents is 1. The van der Waals surface area contributed by atoms with E-state index in [1.807, 2.05) is 0 Å². The molecule has 2 rings (SSSR count). The Balaban J connectivity index is 2.36. The molecule has 1 atom stereocenters. The first kappa shape index (κ1) is 11.8. The number of ether oxygens (including phenoxy) is 1.